The first-order valence-electron chi connectivity index (χ1n) is 6.03. The number of aryl methyl sites for hydroxylation is 1. The van der Waals surface area contributed by atoms with E-state index in [1.807, 2.05) is 19.9 Å². The molecule has 1 heterocycles. The van der Waals surface area contributed by atoms with E-state index >= 15 is 0 Å². The molecule has 0 aliphatic rings. The average molecular weight is 267 g/mol. The molecule has 0 bridgehead atoms. The number of nitrogens with one attached hydrogen (secondary N) is 2. The molecule has 0 aliphatic carbocycles. The third-order valence-electron chi connectivity index (χ3n) is 2.61. The van der Waals surface area contributed by atoms with Crippen molar-refractivity contribution in [3.05, 3.63) is 24.0 Å². The number of hydrogen-bond acceptors (Lipinski definition) is 3. The highest BCUT2D eigenvalue weighted by Gasteiger charge is 2.09. The van der Waals surface area contributed by atoms with E-state index in [2.05, 4.69) is 14.7 Å². The van der Waals surface area contributed by atoms with Gasteiger partial charge in [-0.1, -0.05) is 13.8 Å². The van der Waals surface area contributed by atoms with Crippen LogP contribution in [0, 0.1) is 0 Å². The zero-order valence-corrected chi connectivity index (χ0v) is 11.3. The van der Waals surface area contributed by atoms with Crippen LogP contribution in [0.5, 0.6) is 0 Å². The van der Waals surface area contributed by atoms with Gasteiger partial charge in [0.05, 0.1) is 22.5 Å². The number of nitrogens with zero attached hydrogens (tertiary/aromatic N) is 1. The summed E-state index contributed by atoms with van der Waals surface area (Å²) in [5, 5.41) is 0. The fourth-order valence-electron chi connectivity index (χ4n) is 1.79. The number of fused-ring (bicyclic) bond motifs is 1. The zero-order valence-electron chi connectivity index (χ0n) is 10.5. The lowest BCUT2D eigenvalue weighted by atomic mass is 10.3. The standard InChI is InChI=1S/C12H17N3O2S/c1-3-7-18(16,17)15-9-5-6-10-11(8-9)14-12(4-2)13-10/h5-6,8,15H,3-4,7H2,1-2H3,(H,13,14). The van der Waals surface area contributed by atoms with E-state index in [4.69, 9.17) is 0 Å². The van der Waals surface area contributed by atoms with Gasteiger partial charge in [-0.05, 0) is 24.6 Å². The number of aromatic nitrogens is 2. The van der Waals surface area contributed by atoms with Crippen LogP contribution in [-0.2, 0) is 16.4 Å². The second-order valence-corrected chi connectivity index (χ2v) is 6.03. The van der Waals surface area contributed by atoms with E-state index in [1.165, 1.54) is 0 Å². The maximum absolute atomic E-state index is 11.7. The normalized spacial score (nSPS) is 11.9. The third kappa shape index (κ3) is 2.81. The predicted octanol–water partition coefficient (Wildman–Crippen LogP) is 2.28. The van der Waals surface area contributed by atoms with Crippen LogP contribution in [0.15, 0.2) is 18.2 Å². The van der Waals surface area contributed by atoms with E-state index in [0.29, 0.717) is 12.1 Å². The fraction of sp³-hybridized carbons (Fsp3) is 0.417. The van der Waals surface area contributed by atoms with Crippen LogP contribution in [0.3, 0.4) is 0 Å². The highest BCUT2D eigenvalue weighted by molar-refractivity contribution is 7.92. The lowest BCUT2D eigenvalue weighted by Crippen LogP contribution is -2.15. The van der Waals surface area contributed by atoms with Crippen molar-refractivity contribution >= 4 is 26.7 Å². The maximum Gasteiger partial charge on any atom is 0.232 e. The van der Waals surface area contributed by atoms with Crippen molar-refractivity contribution in [2.75, 3.05) is 10.5 Å². The van der Waals surface area contributed by atoms with Gasteiger partial charge in [0, 0.05) is 6.42 Å². The molecule has 1 aromatic heterocycles. The molecule has 2 rings (SSSR count). The lowest BCUT2D eigenvalue weighted by molar-refractivity contribution is 0.600. The number of anilines is 1. The van der Waals surface area contributed by atoms with Gasteiger partial charge in [0.15, 0.2) is 0 Å². The van der Waals surface area contributed by atoms with Crippen LogP contribution in [0.4, 0.5) is 5.69 Å². The van der Waals surface area contributed by atoms with Crippen molar-refractivity contribution < 1.29 is 8.42 Å². The van der Waals surface area contributed by atoms with Gasteiger partial charge in [-0.3, -0.25) is 4.72 Å². The molecule has 0 radical (unpaired) electrons. The Kier molecular flexibility index (Phi) is 3.56. The minimum Gasteiger partial charge on any atom is -0.342 e. The molecule has 0 aliphatic heterocycles. The third-order valence-corrected chi connectivity index (χ3v) is 4.10. The van der Waals surface area contributed by atoms with E-state index in [0.717, 1.165) is 23.3 Å². The molecule has 2 N–H and O–H groups in total. The number of benzene rings is 1. The minimum atomic E-state index is -3.24. The molecule has 2 aromatic rings. The molecule has 98 valence electrons. The van der Waals surface area contributed by atoms with Gasteiger partial charge in [0.2, 0.25) is 10.0 Å². The lowest BCUT2D eigenvalue weighted by Gasteiger charge is -2.06. The van der Waals surface area contributed by atoms with Crippen molar-refractivity contribution in [3.8, 4) is 0 Å². The first kappa shape index (κ1) is 12.9. The van der Waals surface area contributed by atoms with Crippen molar-refractivity contribution in [3.63, 3.8) is 0 Å². The summed E-state index contributed by atoms with van der Waals surface area (Å²) in [6, 6.07) is 5.32. The average Bonchev–Trinajstić information content (AvgIpc) is 2.70. The summed E-state index contributed by atoms with van der Waals surface area (Å²) < 4.78 is 25.9. The van der Waals surface area contributed by atoms with Crippen LogP contribution in [0.2, 0.25) is 0 Å². The minimum absolute atomic E-state index is 0.133. The van der Waals surface area contributed by atoms with Crippen LogP contribution < -0.4 is 4.72 Å². The maximum atomic E-state index is 11.7. The smallest absolute Gasteiger partial charge is 0.232 e. The monoisotopic (exact) mass is 267 g/mol. The summed E-state index contributed by atoms with van der Waals surface area (Å²) in [6.45, 7) is 3.85. The Morgan fingerprint density at radius 3 is 2.78 bits per heavy atom. The number of hydrogen-bond donors (Lipinski definition) is 2. The summed E-state index contributed by atoms with van der Waals surface area (Å²) in [4.78, 5) is 7.53. The molecule has 1 aromatic carbocycles. The second kappa shape index (κ2) is 4.97. The van der Waals surface area contributed by atoms with Gasteiger partial charge in [-0.15, -0.1) is 0 Å². The van der Waals surface area contributed by atoms with E-state index in [9.17, 15) is 8.42 Å². The Morgan fingerprint density at radius 2 is 2.11 bits per heavy atom. The molecule has 18 heavy (non-hydrogen) atoms. The van der Waals surface area contributed by atoms with Crippen LogP contribution >= 0.6 is 0 Å². The van der Waals surface area contributed by atoms with Crippen molar-refractivity contribution in [2.24, 2.45) is 0 Å². The number of aromatic amines is 1. The molecule has 0 saturated carbocycles. The molecule has 0 spiro atoms. The van der Waals surface area contributed by atoms with Crippen molar-refractivity contribution in [2.45, 2.75) is 26.7 Å². The van der Waals surface area contributed by atoms with E-state index in [-0.39, 0.29) is 5.75 Å². The summed E-state index contributed by atoms with van der Waals surface area (Å²) in [5.74, 6) is 1.03. The highest BCUT2D eigenvalue weighted by atomic mass is 32.2. The van der Waals surface area contributed by atoms with Gasteiger partial charge in [-0.2, -0.15) is 0 Å². The van der Waals surface area contributed by atoms with Gasteiger partial charge in [-0.25, -0.2) is 13.4 Å². The molecular weight excluding hydrogens is 250 g/mol. The number of imidazole rings is 1. The first-order chi connectivity index (χ1) is 8.54. The van der Waals surface area contributed by atoms with Crippen LogP contribution in [-0.4, -0.2) is 24.1 Å². The molecule has 0 unspecified atom stereocenters. The van der Waals surface area contributed by atoms with E-state index < -0.39 is 10.0 Å². The number of sulfonamides is 1. The van der Waals surface area contributed by atoms with Gasteiger partial charge < -0.3 is 4.98 Å². The summed E-state index contributed by atoms with van der Waals surface area (Å²) in [7, 11) is -3.24. The number of H-pyrrole nitrogens is 1. The molecule has 0 fully saturated rings. The Balaban J connectivity index is 2.30. The molecular formula is C12H17N3O2S. The summed E-state index contributed by atoms with van der Waals surface area (Å²) >= 11 is 0. The molecule has 0 amide bonds. The molecule has 6 heteroatoms. The topological polar surface area (TPSA) is 74.8 Å². The predicted molar refractivity (Wildman–Crippen MR) is 73.2 cm³/mol. The molecule has 0 saturated heterocycles. The Morgan fingerprint density at radius 1 is 1.33 bits per heavy atom. The molecule has 0 atom stereocenters. The summed E-state index contributed by atoms with van der Waals surface area (Å²) in [5.41, 5.74) is 2.27. The fourth-order valence-corrected chi connectivity index (χ4v) is 2.92. The Labute approximate surface area is 107 Å². The quantitative estimate of drug-likeness (QED) is 0.872. The van der Waals surface area contributed by atoms with Crippen molar-refractivity contribution in [1.29, 1.82) is 0 Å². The van der Waals surface area contributed by atoms with Crippen LogP contribution in [0.1, 0.15) is 26.1 Å². The first-order valence-corrected chi connectivity index (χ1v) is 7.68. The van der Waals surface area contributed by atoms with Gasteiger partial charge >= 0.3 is 0 Å². The zero-order chi connectivity index (χ0) is 13.2. The van der Waals surface area contributed by atoms with Crippen molar-refractivity contribution in [1.82, 2.24) is 9.97 Å². The van der Waals surface area contributed by atoms with Gasteiger partial charge in [0.25, 0.3) is 0 Å². The van der Waals surface area contributed by atoms with Crippen LogP contribution in [0.25, 0.3) is 11.0 Å². The Bertz CT molecular complexity index is 646. The second-order valence-electron chi connectivity index (χ2n) is 4.19. The number of rotatable bonds is 5. The largest absolute Gasteiger partial charge is 0.342 e. The summed E-state index contributed by atoms with van der Waals surface area (Å²) in [6.07, 6.45) is 1.42. The Hall–Kier alpha value is -1.56. The van der Waals surface area contributed by atoms with E-state index in [1.54, 1.807) is 12.1 Å². The van der Waals surface area contributed by atoms with Gasteiger partial charge in [0.1, 0.15) is 5.82 Å². The molecule has 5 nitrogen and oxygen atoms in total. The highest BCUT2D eigenvalue weighted by Crippen LogP contribution is 2.18. The SMILES string of the molecule is CCCS(=O)(=O)Nc1ccc2nc(CC)[nH]c2c1.